The highest BCUT2D eigenvalue weighted by Gasteiger charge is 2.14. The normalized spacial score (nSPS) is 14.4. The van der Waals surface area contributed by atoms with Crippen molar-refractivity contribution >= 4 is 17.4 Å². The number of carbonyl (C=O) groups is 1. The van der Waals surface area contributed by atoms with Crippen molar-refractivity contribution in [3.05, 3.63) is 66.2 Å². The summed E-state index contributed by atoms with van der Waals surface area (Å²) < 4.78 is 5.64. The van der Waals surface area contributed by atoms with Crippen LogP contribution in [0.2, 0.25) is 0 Å². The highest BCUT2D eigenvalue weighted by molar-refractivity contribution is 5.92. The molecule has 3 aromatic rings. The first kappa shape index (κ1) is 23.7. The van der Waals surface area contributed by atoms with E-state index in [0.29, 0.717) is 5.75 Å². The Balaban J connectivity index is 1.29. The quantitative estimate of drug-likeness (QED) is 0.503. The van der Waals surface area contributed by atoms with Gasteiger partial charge in [0.15, 0.2) is 12.4 Å². The van der Waals surface area contributed by atoms with Gasteiger partial charge in [-0.15, -0.1) is 10.2 Å². The lowest BCUT2D eigenvalue weighted by Gasteiger charge is -2.20. The molecule has 0 saturated carbocycles. The molecule has 0 unspecified atom stereocenters. The summed E-state index contributed by atoms with van der Waals surface area (Å²) in [6.07, 6.45) is 5.01. The van der Waals surface area contributed by atoms with Crippen LogP contribution in [0.1, 0.15) is 52.0 Å². The first-order valence-electron chi connectivity index (χ1n) is 12.1. The maximum absolute atomic E-state index is 12.3. The van der Waals surface area contributed by atoms with E-state index < -0.39 is 0 Å². The third-order valence-electron chi connectivity index (χ3n) is 6.14. The van der Waals surface area contributed by atoms with Crippen molar-refractivity contribution in [1.82, 2.24) is 10.2 Å². The molecule has 0 bridgehead atoms. The number of ether oxygens (including phenoxy) is 1. The van der Waals surface area contributed by atoms with Crippen LogP contribution in [0.15, 0.2) is 60.7 Å². The molecule has 2 aromatic carbocycles. The van der Waals surface area contributed by atoms with Gasteiger partial charge in [-0.05, 0) is 60.2 Å². The number of benzene rings is 2. The Morgan fingerprint density at radius 2 is 1.56 bits per heavy atom. The SMILES string of the molecule is CC(C)(C)c1ccc(OCC(=O)Nc2ccc(-c3ccc(N4CCCCCC4)nn3)cc2)cc1. The molecule has 0 atom stereocenters. The molecule has 6 heteroatoms. The molecule has 1 fully saturated rings. The summed E-state index contributed by atoms with van der Waals surface area (Å²) in [5.74, 6) is 1.43. The van der Waals surface area contributed by atoms with Crippen molar-refractivity contribution in [3.63, 3.8) is 0 Å². The molecule has 0 radical (unpaired) electrons. The largest absolute Gasteiger partial charge is 0.484 e. The van der Waals surface area contributed by atoms with E-state index >= 15 is 0 Å². The fourth-order valence-corrected chi connectivity index (χ4v) is 4.07. The number of hydrogen-bond donors (Lipinski definition) is 1. The Labute approximate surface area is 202 Å². The van der Waals surface area contributed by atoms with Gasteiger partial charge in [-0.1, -0.05) is 57.9 Å². The first-order valence-corrected chi connectivity index (χ1v) is 12.1. The number of nitrogens with zero attached hydrogens (tertiary/aromatic N) is 3. The Kier molecular flexibility index (Phi) is 7.46. The highest BCUT2D eigenvalue weighted by Crippen LogP contribution is 2.25. The number of anilines is 2. The summed E-state index contributed by atoms with van der Waals surface area (Å²) in [6, 6.07) is 19.6. The highest BCUT2D eigenvalue weighted by atomic mass is 16.5. The summed E-state index contributed by atoms with van der Waals surface area (Å²) in [7, 11) is 0. The van der Waals surface area contributed by atoms with Crippen molar-refractivity contribution in [3.8, 4) is 17.0 Å². The number of rotatable bonds is 6. The fraction of sp³-hybridized carbons (Fsp3) is 0.393. The lowest BCUT2D eigenvalue weighted by Crippen LogP contribution is -2.25. The molecular formula is C28H34N4O2. The van der Waals surface area contributed by atoms with Gasteiger partial charge in [-0.25, -0.2) is 0 Å². The van der Waals surface area contributed by atoms with Crippen LogP contribution in [0.25, 0.3) is 11.3 Å². The molecule has 34 heavy (non-hydrogen) atoms. The molecule has 2 heterocycles. The van der Waals surface area contributed by atoms with E-state index in [1.54, 1.807) is 0 Å². The smallest absolute Gasteiger partial charge is 0.262 e. The predicted molar refractivity (Wildman–Crippen MR) is 137 cm³/mol. The third kappa shape index (κ3) is 6.34. The zero-order chi connectivity index (χ0) is 24.0. The summed E-state index contributed by atoms with van der Waals surface area (Å²) >= 11 is 0. The van der Waals surface area contributed by atoms with Crippen LogP contribution in [0.4, 0.5) is 11.5 Å². The van der Waals surface area contributed by atoms with Crippen LogP contribution >= 0.6 is 0 Å². The summed E-state index contributed by atoms with van der Waals surface area (Å²) in [5.41, 5.74) is 3.81. The van der Waals surface area contributed by atoms with Gasteiger partial charge in [0.1, 0.15) is 5.75 Å². The van der Waals surface area contributed by atoms with Crippen LogP contribution in [-0.2, 0) is 10.2 Å². The average molecular weight is 459 g/mol. The van der Waals surface area contributed by atoms with E-state index in [1.165, 1.54) is 31.2 Å². The standard InChI is InChI=1S/C28H34N4O2/c1-28(2,3)22-10-14-24(15-11-22)34-20-27(33)29-23-12-8-21(9-13-23)25-16-17-26(31-30-25)32-18-6-4-5-7-19-32/h8-17H,4-7,18-20H2,1-3H3,(H,29,33). The second kappa shape index (κ2) is 10.7. The van der Waals surface area contributed by atoms with Crippen LogP contribution < -0.4 is 15.0 Å². The molecule has 1 aromatic heterocycles. The molecule has 1 aliphatic heterocycles. The Morgan fingerprint density at radius 3 is 2.15 bits per heavy atom. The molecular weight excluding hydrogens is 424 g/mol. The van der Waals surface area contributed by atoms with Gasteiger partial charge in [-0.2, -0.15) is 0 Å². The van der Waals surface area contributed by atoms with E-state index in [9.17, 15) is 4.79 Å². The van der Waals surface area contributed by atoms with Gasteiger partial charge in [0, 0.05) is 24.3 Å². The van der Waals surface area contributed by atoms with Gasteiger partial charge in [0.25, 0.3) is 5.91 Å². The van der Waals surface area contributed by atoms with E-state index in [2.05, 4.69) is 47.3 Å². The number of amides is 1. The lowest BCUT2D eigenvalue weighted by molar-refractivity contribution is -0.118. The monoisotopic (exact) mass is 458 g/mol. The molecule has 6 nitrogen and oxygen atoms in total. The Hall–Kier alpha value is -3.41. The van der Waals surface area contributed by atoms with E-state index in [0.717, 1.165) is 35.9 Å². The minimum Gasteiger partial charge on any atom is -0.484 e. The fourth-order valence-electron chi connectivity index (χ4n) is 4.07. The van der Waals surface area contributed by atoms with Crippen LogP contribution in [-0.4, -0.2) is 35.8 Å². The third-order valence-corrected chi connectivity index (χ3v) is 6.14. The summed E-state index contributed by atoms with van der Waals surface area (Å²) in [6.45, 7) is 8.56. The van der Waals surface area contributed by atoms with Crippen molar-refractivity contribution in [2.45, 2.75) is 51.9 Å². The maximum atomic E-state index is 12.3. The van der Waals surface area contributed by atoms with Crippen LogP contribution in [0.5, 0.6) is 5.75 Å². The van der Waals surface area contributed by atoms with Gasteiger partial charge < -0.3 is 15.0 Å². The summed E-state index contributed by atoms with van der Waals surface area (Å²) in [5, 5.41) is 11.8. The number of nitrogens with one attached hydrogen (secondary N) is 1. The first-order chi connectivity index (χ1) is 16.4. The van der Waals surface area contributed by atoms with Crippen molar-refractivity contribution < 1.29 is 9.53 Å². The predicted octanol–water partition coefficient (Wildman–Crippen LogP) is 5.84. The summed E-state index contributed by atoms with van der Waals surface area (Å²) in [4.78, 5) is 14.6. The molecule has 1 aliphatic rings. The van der Waals surface area contributed by atoms with Gasteiger partial charge in [0.05, 0.1) is 5.69 Å². The minimum absolute atomic E-state index is 0.0416. The Bertz CT molecular complexity index is 1060. The topological polar surface area (TPSA) is 67.3 Å². The minimum atomic E-state index is -0.200. The number of aromatic nitrogens is 2. The number of carbonyl (C=O) groups excluding carboxylic acids is 1. The molecule has 178 valence electrons. The zero-order valence-corrected chi connectivity index (χ0v) is 20.4. The Morgan fingerprint density at radius 1 is 0.882 bits per heavy atom. The number of hydrogen-bond acceptors (Lipinski definition) is 5. The van der Waals surface area contributed by atoms with E-state index in [-0.39, 0.29) is 17.9 Å². The van der Waals surface area contributed by atoms with Gasteiger partial charge in [-0.3, -0.25) is 4.79 Å². The van der Waals surface area contributed by atoms with Crippen LogP contribution in [0.3, 0.4) is 0 Å². The molecule has 1 amide bonds. The maximum Gasteiger partial charge on any atom is 0.262 e. The average Bonchev–Trinajstić information content (AvgIpc) is 3.13. The van der Waals surface area contributed by atoms with Gasteiger partial charge in [0.2, 0.25) is 0 Å². The van der Waals surface area contributed by atoms with E-state index in [4.69, 9.17) is 4.74 Å². The molecule has 4 rings (SSSR count). The van der Waals surface area contributed by atoms with Crippen molar-refractivity contribution in [2.24, 2.45) is 0 Å². The second-order valence-corrected chi connectivity index (χ2v) is 9.87. The van der Waals surface area contributed by atoms with Crippen molar-refractivity contribution in [2.75, 3.05) is 29.9 Å². The van der Waals surface area contributed by atoms with Crippen LogP contribution in [0, 0.1) is 0 Å². The molecule has 0 aliphatic carbocycles. The van der Waals surface area contributed by atoms with Gasteiger partial charge >= 0.3 is 0 Å². The lowest BCUT2D eigenvalue weighted by atomic mass is 9.87. The zero-order valence-electron chi connectivity index (χ0n) is 20.4. The van der Waals surface area contributed by atoms with Crippen molar-refractivity contribution in [1.29, 1.82) is 0 Å². The molecule has 1 N–H and O–H groups in total. The molecule has 1 saturated heterocycles. The van der Waals surface area contributed by atoms with E-state index in [1.807, 2.05) is 54.6 Å². The second-order valence-electron chi connectivity index (χ2n) is 9.87. The molecule has 0 spiro atoms.